The molecule has 1 fully saturated rings. The minimum atomic E-state index is -0.682. The van der Waals surface area contributed by atoms with E-state index in [4.69, 9.17) is 5.73 Å². The van der Waals surface area contributed by atoms with Crippen LogP contribution in [0.25, 0.3) is 0 Å². The second kappa shape index (κ2) is 4.97. The van der Waals surface area contributed by atoms with E-state index in [1.807, 2.05) is 18.7 Å². The average Bonchev–Trinajstić information content (AvgIpc) is 2.41. The largest absolute Gasteiger partial charge is 0.338 e. The van der Waals surface area contributed by atoms with Gasteiger partial charge in [0.2, 0.25) is 5.91 Å². The molecule has 1 rings (SSSR count). The Kier molecular flexibility index (Phi) is 4.14. The fourth-order valence-corrected chi connectivity index (χ4v) is 2.06. The van der Waals surface area contributed by atoms with E-state index in [-0.39, 0.29) is 5.91 Å². The summed E-state index contributed by atoms with van der Waals surface area (Å²) < 4.78 is 0. The Morgan fingerprint density at radius 1 is 1.47 bits per heavy atom. The summed E-state index contributed by atoms with van der Waals surface area (Å²) in [5.41, 5.74) is 5.33. The van der Waals surface area contributed by atoms with Gasteiger partial charge in [-0.25, -0.2) is 0 Å². The van der Waals surface area contributed by atoms with Crippen LogP contribution in [0.3, 0.4) is 0 Å². The van der Waals surface area contributed by atoms with Crippen LogP contribution < -0.4 is 5.73 Å². The number of nitrogens with two attached hydrogens (primary N) is 1. The van der Waals surface area contributed by atoms with Crippen LogP contribution >= 0.6 is 0 Å². The van der Waals surface area contributed by atoms with Crippen molar-refractivity contribution in [3.8, 4) is 0 Å². The summed E-state index contributed by atoms with van der Waals surface area (Å²) in [5, 5.41) is 0. The second-order valence-corrected chi connectivity index (χ2v) is 4.97. The zero-order chi connectivity index (χ0) is 11.5. The van der Waals surface area contributed by atoms with Crippen molar-refractivity contribution in [1.82, 2.24) is 4.90 Å². The number of hydrogen-bond acceptors (Lipinski definition) is 2. The molecule has 2 atom stereocenters. The number of carbonyl (C=O) groups is 1. The minimum absolute atomic E-state index is 0.124. The van der Waals surface area contributed by atoms with Crippen LogP contribution in [0.4, 0.5) is 0 Å². The maximum absolute atomic E-state index is 12.2. The monoisotopic (exact) mass is 212 g/mol. The number of nitrogens with zero attached hydrogens (tertiary/aromatic N) is 1. The molecule has 3 nitrogen and oxygen atoms in total. The van der Waals surface area contributed by atoms with Gasteiger partial charge >= 0.3 is 0 Å². The topological polar surface area (TPSA) is 46.3 Å². The van der Waals surface area contributed by atoms with Crippen molar-refractivity contribution in [2.45, 2.75) is 64.5 Å². The van der Waals surface area contributed by atoms with Crippen molar-refractivity contribution in [3.63, 3.8) is 0 Å². The van der Waals surface area contributed by atoms with E-state index in [1.165, 1.54) is 12.8 Å². The molecule has 88 valence electrons. The molecule has 0 bridgehead atoms. The Bertz CT molecular complexity index is 226. The summed E-state index contributed by atoms with van der Waals surface area (Å²) in [6.45, 7) is 6.83. The van der Waals surface area contributed by atoms with Crippen molar-refractivity contribution in [3.05, 3.63) is 0 Å². The molecule has 0 aromatic carbocycles. The first kappa shape index (κ1) is 12.5. The highest BCUT2D eigenvalue weighted by Crippen LogP contribution is 2.20. The van der Waals surface area contributed by atoms with E-state index in [0.717, 1.165) is 19.4 Å². The number of hydrogen-bond donors (Lipinski definition) is 1. The summed E-state index contributed by atoms with van der Waals surface area (Å²) in [7, 11) is 0. The quantitative estimate of drug-likeness (QED) is 0.760. The Labute approximate surface area is 93.0 Å². The maximum atomic E-state index is 12.2. The molecule has 0 aliphatic carbocycles. The van der Waals surface area contributed by atoms with Crippen LogP contribution in [0.5, 0.6) is 0 Å². The molecule has 2 N–H and O–H groups in total. The first-order valence-electron chi connectivity index (χ1n) is 6.09. The van der Waals surface area contributed by atoms with E-state index in [2.05, 4.69) is 6.92 Å². The Balaban J connectivity index is 2.71. The number of likely N-dealkylation sites (tertiary alicyclic amines) is 1. The minimum Gasteiger partial charge on any atom is -0.338 e. The summed E-state index contributed by atoms with van der Waals surface area (Å²) in [4.78, 5) is 14.2. The smallest absolute Gasteiger partial charge is 0.242 e. The highest BCUT2D eigenvalue weighted by atomic mass is 16.2. The van der Waals surface area contributed by atoms with E-state index < -0.39 is 5.54 Å². The predicted octanol–water partition coefficient (Wildman–Crippen LogP) is 1.90. The molecule has 1 amide bonds. The van der Waals surface area contributed by atoms with E-state index in [0.29, 0.717) is 12.5 Å². The van der Waals surface area contributed by atoms with Crippen LogP contribution in [0.2, 0.25) is 0 Å². The molecule has 1 aliphatic rings. The molecule has 0 aromatic rings. The van der Waals surface area contributed by atoms with Crippen molar-refractivity contribution in [2.24, 2.45) is 5.73 Å². The Morgan fingerprint density at radius 2 is 2.13 bits per heavy atom. The van der Waals surface area contributed by atoms with Crippen molar-refractivity contribution in [1.29, 1.82) is 0 Å². The fourth-order valence-electron chi connectivity index (χ4n) is 2.06. The van der Waals surface area contributed by atoms with Crippen molar-refractivity contribution >= 4 is 5.91 Å². The van der Waals surface area contributed by atoms with Crippen LogP contribution in [0.15, 0.2) is 0 Å². The zero-order valence-electron chi connectivity index (χ0n) is 10.3. The Hall–Kier alpha value is -0.570. The van der Waals surface area contributed by atoms with Gasteiger partial charge in [-0.05, 0) is 33.1 Å². The second-order valence-electron chi connectivity index (χ2n) is 4.97. The lowest BCUT2D eigenvalue weighted by Crippen LogP contribution is -2.55. The van der Waals surface area contributed by atoms with Gasteiger partial charge in [-0.1, -0.05) is 19.8 Å². The van der Waals surface area contributed by atoms with Gasteiger partial charge in [-0.15, -0.1) is 0 Å². The van der Waals surface area contributed by atoms with Gasteiger partial charge in [0, 0.05) is 12.6 Å². The highest BCUT2D eigenvalue weighted by molar-refractivity contribution is 5.85. The Morgan fingerprint density at radius 3 is 2.73 bits per heavy atom. The number of amides is 1. The normalized spacial score (nSPS) is 26.9. The predicted molar refractivity (Wildman–Crippen MR) is 62.5 cm³/mol. The number of rotatable bonds is 2. The SMILES string of the molecule is CCC(C)(N)C(=O)N1CCCCCC1C. The summed E-state index contributed by atoms with van der Waals surface area (Å²) in [6.07, 6.45) is 5.41. The molecule has 0 spiro atoms. The number of carbonyl (C=O) groups excluding carboxylic acids is 1. The lowest BCUT2D eigenvalue weighted by molar-refractivity contribution is -0.138. The van der Waals surface area contributed by atoms with Gasteiger partial charge in [0.15, 0.2) is 0 Å². The summed E-state index contributed by atoms with van der Waals surface area (Å²) in [6, 6.07) is 0.356. The lowest BCUT2D eigenvalue weighted by Gasteiger charge is -2.34. The standard InChI is InChI=1S/C12H24N2O/c1-4-12(3,13)11(15)14-9-7-5-6-8-10(14)2/h10H,4-9,13H2,1-3H3. The summed E-state index contributed by atoms with van der Waals surface area (Å²) in [5.74, 6) is 0.124. The van der Waals surface area contributed by atoms with Crippen LogP contribution in [-0.2, 0) is 4.79 Å². The summed E-state index contributed by atoms with van der Waals surface area (Å²) >= 11 is 0. The molecular weight excluding hydrogens is 188 g/mol. The van der Waals surface area contributed by atoms with Crippen LogP contribution in [0, 0.1) is 0 Å². The van der Waals surface area contributed by atoms with E-state index >= 15 is 0 Å². The zero-order valence-corrected chi connectivity index (χ0v) is 10.3. The molecule has 15 heavy (non-hydrogen) atoms. The van der Waals surface area contributed by atoms with Gasteiger partial charge < -0.3 is 10.6 Å². The van der Waals surface area contributed by atoms with Gasteiger partial charge in [0.1, 0.15) is 0 Å². The molecule has 1 saturated heterocycles. The van der Waals surface area contributed by atoms with Gasteiger partial charge in [0.05, 0.1) is 5.54 Å². The van der Waals surface area contributed by atoms with Gasteiger partial charge in [-0.2, -0.15) is 0 Å². The average molecular weight is 212 g/mol. The van der Waals surface area contributed by atoms with Gasteiger partial charge in [-0.3, -0.25) is 4.79 Å². The first-order chi connectivity index (χ1) is 6.99. The first-order valence-corrected chi connectivity index (χ1v) is 6.09. The molecule has 1 heterocycles. The van der Waals surface area contributed by atoms with Crippen molar-refractivity contribution < 1.29 is 4.79 Å². The molecule has 0 saturated carbocycles. The third-order valence-corrected chi connectivity index (χ3v) is 3.54. The van der Waals surface area contributed by atoms with Crippen LogP contribution in [-0.4, -0.2) is 28.9 Å². The lowest BCUT2D eigenvalue weighted by atomic mass is 9.97. The molecule has 3 heteroatoms. The fraction of sp³-hybridized carbons (Fsp3) is 0.917. The third-order valence-electron chi connectivity index (χ3n) is 3.54. The van der Waals surface area contributed by atoms with Crippen LogP contribution in [0.1, 0.15) is 52.9 Å². The van der Waals surface area contributed by atoms with E-state index in [9.17, 15) is 4.79 Å². The van der Waals surface area contributed by atoms with Gasteiger partial charge in [0.25, 0.3) is 0 Å². The third kappa shape index (κ3) is 2.94. The molecule has 2 unspecified atom stereocenters. The van der Waals surface area contributed by atoms with E-state index in [1.54, 1.807) is 0 Å². The maximum Gasteiger partial charge on any atom is 0.242 e. The molecule has 0 aromatic heterocycles. The van der Waals surface area contributed by atoms with Crippen molar-refractivity contribution in [2.75, 3.05) is 6.54 Å². The molecular formula is C12H24N2O. The molecule has 1 aliphatic heterocycles. The molecule has 0 radical (unpaired) electrons. The highest BCUT2D eigenvalue weighted by Gasteiger charge is 2.33.